The van der Waals surface area contributed by atoms with Crippen molar-refractivity contribution < 1.29 is 8.42 Å². The van der Waals surface area contributed by atoms with Crippen LogP contribution in [0.2, 0.25) is 0 Å². The van der Waals surface area contributed by atoms with Gasteiger partial charge >= 0.3 is 0 Å². The first-order chi connectivity index (χ1) is 11.6. The Hall–Kier alpha value is -2.60. The largest absolute Gasteiger partial charge is 0.303 e. The van der Waals surface area contributed by atoms with E-state index in [2.05, 4.69) is 10.5 Å². The SMILES string of the molecule is Cc1ccc(S(=O)(=O)n2ccc3ccc(C4CC=NN4)cc32)cc1. The van der Waals surface area contributed by atoms with Crippen LogP contribution in [0.25, 0.3) is 10.9 Å². The molecular formula is C18H17N3O2S. The second-order valence-electron chi connectivity index (χ2n) is 5.98. The van der Waals surface area contributed by atoms with E-state index in [4.69, 9.17) is 0 Å². The van der Waals surface area contributed by atoms with Gasteiger partial charge in [0.25, 0.3) is 10.0 Å². The van der Waals surface area contributed by atoms with Gasteiger partial charge in [0.15, 0.2) is 0 Å². The number of hydrazone groups is 1. The third kappa shape index (κ3) is 2.39. The monoisotopic (exact) mass is 339 g/mol. The highest BCUT2D eigenvalue weighted by Gasteiger charge is 2.20. The van der Waals surface area contributed by atoms with Gasteiger partial charge in [-0.2, -0.15) is 5.10 Å². The molecule has 0 fully saturated rings. The first-order valence-electron chi connectivity index (χ1n) is 7.76. The van der Waals surface area contributed by atoms with Gasteiger partial charge < -0.3 is 5.43 Å². The lowest BCUT2D eigenvalue weighted by Gasteiger charge is -2.12. The molecule has 3 aromatic rings. The molecular weight excluding hydrogens is 322 g/mol. The zero-order chi connectivity index (χ0) is 16.7. The van der Waals surface area contributed by atoms with Crippen molar-refractivity contribution in [1.29, 1.82) is 0 Å². The molecule has 5 nitrogen and oxygen atoms in total. The topological polar surface area (TPSA) is 63.5 Å². The van der Waals surface area contributed by atoms with E-state index in [9.17, 15) is 8.42 Å². The maximum Gasteiger partial charge on any atom is 0.268 e. The molecule has 4 rings (SSSR count). The third-order valence-electron chi connectivity index (χ3n) is 4.32. The van der Waals surface area contributed by atoms with Gasteiger partial charge in [-0.15, -0.1) is 0 Å². The van der Waals surface area contributed by atoms with Crippen LogP contribution in [0, 0.1) is 6.92 Å². The van der Waals surface area contributed by atoms with E-state index in [1.807, 2.05) is 49.5 Å². The maximum atomic E-state index is 13.0. The molecule has 0 amide bonds. The van der Waals surface area contributed by atoms with E-state index >= 15 is 0 Å². The van der Waals surface area contributed by atoms with E-state index in [0.29, 0.717) is 10.4 Å². The van der Waals surface area contributed by atoms with Gasteiger partial charge in [-0.3, -0.25) is 0 Å². The zero-order valence-corrected chi connectivity index (χ0v) is 14.0. The molecule has 2 heterocycles. The number of aromatic nitrogens is 1. The molecule has 6 heteroatoms. The minimum atomic E-state index is -3.61. The van der Waals surface area contributed by atoms with Gasteiger partial charge in [0.1, 0.15) is 0 Å². The lowest BCUT2D eigenvalue weighted by Crippen LogP contribution is -2.13. The smallest absolute Gasteiger partial charge is 0.268 e. The van der Waals surface area contributed by atoms with Crippen LogP contribution >= 0.6 is 0 Å². The minimum Gasteiger partial charge on any atom is -0.303 e. The number of rotatable bonds is 3. The fourth-order valence-corrected chi connectivity index (χ4v) is 4.28. The summed E-state index contributed by atoms with van der Waals surface area (Å²) < 4.78 is 27.3. The molecule has 1 atom stereocenters. The normalized spacial score (nSPS) is 17.3. The second-order valence-corrected chi connectivity index (χ2v) is 7.79. The summed E-state index contributed by atoms with van der Waals surface area (Å²) in [6.45, 7) is 1.93. The van der Waals surface area contributed by atoms with Crippen molar-refractivity contribution in [2.45, 2.75) is 24.3 Å². The Morgan fingerprint density at radius 3 is 2.62 bits per heavy atom. The van der Waals surface area contributed by atoms with Crippen LogP contribution in [0.3, 0.4) is 0 Å². The van der Waals surface area contributed by atoms with Gasteiger partial charge in [0, 0.05) is 24.2 Å². The number of fused-ring (bicyclic) bond motifs is 1. The van der Waals surface area contributed by atoms with Crippen LogP contribution in [-0.2, 0) is 10.0 Å². The summed E-state index contributed by atoms with van der Waals surface area (Å²) in [4.78, 5) is 0.290. The molecule has 0 saturated heterocycles. The lowest BCUT2D eigenvalue weighted by atomic mass is 10.0. The fourth-order valence-electron chi connectivity index (χ4n) is 2.94. The maximum absolute atomic E-state index is 13.0. The molecule has 1 aromatic heterocycles. The molecule has 0 radical (unpaired) electrons. The minimum absolute atomic E-state index is 0.0971. The van der Waals surface area contributed by atoms with Gasteiger partial charge in [0.2, 0.25) is 0 Å². The Labute approximate surface area is 140 Å². The Kier molecular flexibility index (Phi) is 3.42. The van der Waals surface area contributed by atoms with Crippen LogP contribution < -0.4 is 5.43 Å². The quantitative estimate of drug-likeness (QED) is 0.797. The number of hydrogen-bond donors (Lipinski definition) is 1. The highest BCUT2D eigenvalue weighted by Crippen LogP contribution is 2.27. The van der Waals surface area contributed by atoms with Gasteiger partial charge in [-0.05, 0) is 36.8 Å². The van der Waals surface area contributed by atoms with Crippen LogP contribution in [0.4, 0.5) is 0 Å². The molecule has 1 aliphatic heterocycles. The Bertz CT molecular complexity index is 1030. The highest BCUT2D eigenvalue weighted by molar-refractivity contribution is 7.90. The summed E-state index contributed by atoms with van der Waals surface area (Å²) >= 11 is 0. The summed E-state index contributed by atoms with van der Waals surface area (Å²) in [6, 6.07) is 14.7. The number of hydrogen-bond acceptors (Lipinski definition) is 4. The van der Waals surface area contributed by atoms with E-state index in [0.717, 1.165) is 22.9 Å². The molecule has 0 saturated carbocycles. The van der Waals surface area contributed by atoms with Crippen molar-refractivity contribution >= 4 is 27.1 Å². The first kappa shape index (κ1) is 15.0. The van der Waals surface area contributed by atoms with Gasteiger partial charge in [-0.1, -0.05) is 29.8 Å². The average molecular weight is 339 g/mol. The van der Waals surface area contributed by atoms with Crippen LogP contribution in [-0.4, -0.2) is 18.6 Å². The summed E-state index contributed by atoms with van der Waals surface area (Å²) in [5, 5.41) is 4.93. The summed E-state index contributed by atoms with van der Waals surface area (Å²) in [7, 11) is -3.61. The third-order valence-corrected chi connectivity index (χ3v) is 6.03. The van der Waals surface area contributed by atoms with Gasteiger partial charge in [0.05, 0.1) is 16.5 Å². The number of benzene rings is 2. The fraction of sp³-hybridized carbons (Fsp3) is 0.167. The van der Waals surface area contributed by atoms with Crippen LogP contribution in [0.15, 0.2) is 64.7 Å². The Morgan fingerprint density at radius 2 is 1.92 bits per heavy atom. The second kappa shape index (κ2) is 5.49. The van der Waals surface area contributed by atoms with Crippen molar-refractivity contribution in [3.05, 3.63) is 65.9 Å². The molecule has 1 aliphatic rings. The molecule has 1 unspecified atom stereocenters. The number of nitrogens with zero attached hydrogens (tertiary/aromatic N) is 2. The Morgan fingerprint density at radius 1 is 1.12 bits per heavy atom. The lowest BCUT2D eigenvalue weighted by molar-refractivity contribution is 0.589. The predicted molar refractivity (Wildman–Crippen MR) is 94.7 cm³/mol. The number of nitrogens with one attached hydrogen (secondary N) is 1. The van der Waals surface area contributed by atoms with E-state index < -0.39 is 10.0 Å². The van der Waals surface area contributed by atoms with Gasteiger partial charge in [-0.25, -0.2) is 12.4 Å². The zero-order valence-electron chi connectivity index (χ0n) is 13.2. The average Bonchev–Trinajstić information content (AvgIpc) is 3.24. The van der Waals surface area contributed by atoms with Crippen molar-refractivity contribution in [1.82, 2.24) is 9.40 Å². The summed E-state index contributed by atoms with van der Waals surface area (Å²) in [6.07, 6.45) is 4.25. The van der Waals surface area contributed by atoms with Crippen molar-refractivity contribution in [3.8, 4) is 0 Å². The van der Waals surface area contributed by atoms with E-state index in [1.165, 1.54) is 3.97 Å². The van der Waals surface area contributed by atoms with Crippen molar-refractivity contribution in [2.24, 2.45) is 5.10 Å². The molecule has 1 N–H and O–H groups in total. The van der Waals surface area contributed by atoms with Crippen LogP contribution in [0.5, 0.6) is 0 Å². The standard InChI is InChI=1S/C18H17N3O2S/c1-13-2-6-16(7-3-13)24(22,23)21-11-9-14-4-5-15(12-18(14)21)17-8-10-19-20-17/h2-7,9-12,17,20H,8H2,1H3. The molecule has 24 heavy (non-hydrogen) atoms. The summed E-state index contributed by atoms with van der Waals surface area (Å²) in [5.41, 5.74) is 5.77. The first-order valence-corrected chi connectivity index (χ1v) is 9.20. The number of aryl methyl sites for hydroxylation is 1. The Balaban J connectivity index is 1.83. The molecule has 122 valence electrons. The van der Waals surface area contributed by atoms with Crippen molar-refractivity contribution in [3.63, 3.8) is 0 Å². The van der Waals surface area contributed by atoms with E-state index in [1.54, 1.807) is 18.3 Å². The van der Waals surface area contributed by atoms with E-state index in [-0.39, 0.29) is 6.04 Å². The molecule has 0 bridgehead atoms. The highest BCUT2D eigenvalue weighted by atomic mass is 32.2. The predicted octanol–water partition coefficient (Wildman–Crippen LogP) is 3.21. The molecule has 0 aliphatic carbocycles. The molecule has 0 spiro atoms. The summed E-state index contributed by atoms with van der Waals surface area (Å²) in [5.74, 6) is 0. The van der Waals surface area contributed by atoms with Crippen molar-refractivity contribution in [2.75, 3.05) is 0 Å². The van der Waals surface area contributed by atoms with Crippen LogP contribution in [0.1, 0.15) is 23.6 Å². The molecule has 2 aromatic carbocycles.